The molecule has 4 heteroatoms. The number of hydrogen-bond acceptors (Lipinski definition) is 0. The molecule has 0 saturated carbocycles. The Bertz CT molecular complexity index is 68.9. The molecule has 0 aromatic carbocycles. The molecule has 0 rings (SSSR count). The highest BCUT2D eigenvalue weighted by atomic mass is 79.9. The second-order valence-electron chi connectivity index (χ2n) is 3.16. The number of hydrogen-bond donors (Lipinski definition) is 0. The third-order valence-corrected chi connectivity index (χ3v) is 12.7. The highest BCUT2D eigenvalue weighted by molar-refractivity contribution is 9.49. The van der Waals surface area contributed by atoms with Gasteiger partial charge in [-0.15, -0.1) is 0 Å². The molecule has 0 radical (unpaired) electrons. The molecule has 0 aromatic rings. The van der Waals surface area contributed by atoms with Gasteiger partial charge in [0, 0.05) is 8.07 Å². The summed E-state index contributed by atoms with van der Waals surface area (Å²) in [7, 11) is -1.36. The van der Waals surface area contributed by atoms with Crippen molar-refractivity contribution in [3.8, 4) is 0 Å². The first kappa shape index (κ1) is 9.71. The molecule has 0 aliphatic heterocycles. The lowest BCUT2D eigenvalue weighted by Crippen LogP contribution is -2.23. The summed E-state index contributed by atoms with van der Waals surface area (Å²) < 4.78 is 0. The average Bonchev–Trinajstić information content (AvgIpc) is 1.21. The van der Waals surface area contributed by atoms with Gasteiger partial charge in [-0.2, -0.15) is 28.1 Å². The van der Waals surface area contributed by atoms with E-state index in [1.165, 1.54) is 4.91 Å². The molecule has 0 unspecified atom stereocenters. The van der Waals surface area contributed by atoms with E-state index >= 15 is 0 Å². The first-order chi connectivity index (χ1) is 3.42. The Morgan fingerprint density at radius 3 is 1.62 bits per heavy atom. The van der Waals surface area contributed by atoms with Crippen molar-refractivity contribution < 1.29 is 0 Å². The Labute approximate surface area is 70.7 Å². The van der Waals surface area contributed by atoms with Crippen molar-refractivity contribution in [3.63, 3.8) is 0 Å². The standard InChI is InChI=1S/C4H11Si.Al.2BrH/c1-5(2,3)4;;;/h1H2,2-4H3;;2*1H/q;+2;;/p-2. The van der Waals surface area contributed by atoms with E-state index in [1.807, 2.05) is 0 Å². The lowest BCUT2D eigenvalue weighted by molar-refractivity contribution is 1.64. The molecule has 48 valence electrons. The molecule has 0 nitrogen and oxygen atoms in total. The first-order valence-corrected chi connectivity index (χ1v) is 13.6. The lowest BCUT2D eigenvalue weighted by Gasteiger charge is -2.13. The van der Waals surface area contributed by atoms with E-state index < -0.39 is 18.6 Å². The zero-order valence-corrected chi connectivity index (χ0v) is 10.9. The van der Waals surface area contributed by atoms with Crippen molar-refractivity contribution in [1.82, 2.24) is 0 Å². The fourth-order valence-electron chi connectivity index (χ4n) is 0.463. The van der Waals surface area contributed by atoms with Gasteiger partial charge in [0.15, 0.2) is 0 Å². The van der Waals surface area contributed by atoms with E-state index in [2.05, 4.69) is 47.7 Å². The molecule has 0 bridgehead atoms. The first-order valence-electron chi connectivity index (χ1n) is 2.70. The molecule has 0 spiro atoms. The van der Waals surface area contributed by atoms with Crippen LogP contribution in [0, 0.1) is 0 Å². The third kappa shape index (κ3) is 7.71. The van der Waals surface area contributed by atoms with Gasteiger partial charge >= 0.3 is 10.5 Å². The van der Waals surface area contributed by atoms with E-state index in [4.69, 9.17) is 0 Å². The zero-order valence-electron chi connectivity index (χ0n) is 5.54. The fourth-order valence-corrected chi connectivity index (χ4v) is 21.6. The third-order valence-electron chi connectivity index (χ3n) is 0.767. The van der Waals surface area contributed by atoms with E-state index in [1.54, 1.807) is 0 Å². The number of rotatable bonds is 2. The summed E-state index contributed by atoms with van der Waals surface area (Å²) in [5, 5.41) is 0. The summed E-state index contributed by atoms with van der Waals surface area (Å²) >= 11 is 7.20. The van der Waals surface area contributed by atoms with Crippen molar-refractivity contribution in [2.75, 3.05) is 0 Å². The van der Waals surface area contributed by atoms with E-state index in [0.29, 0.717) is 0 Å². The molecule has 0 aliphatic carbocycles. The molecule has 0 atom stereocenters. The van der Waals surface area contributed by atoms with Crippen LogP contribution in [0.5, 0.6) is 0 Å². The second kappa shape index (κ2) is 3.78. The summed E-state index contributed by atoms with van der Waals surface area (Å²) in [5.74, 6) is 0. The largest absolute Gasteiger partial charge is 0.453 e. The quantitative estimate of drug-likeness (QED) is 0.678. The molecule has 0 aromatic heterocycles. The Hall–Kier alpha value is 1.71. The molecule has 0 amide bonds. The van der Waals surface area contributed by atoms with Crippen LogP contribution >= 0.6 is 28.1 Å². The smallest absolute Gasteiger partial charge is 0.197 e. The van der Waals surface area contributed by atoms with Gasteiger partial charge in [0.1, 0.15) is 0 Å². The van der Waals surface area contributed by atoms with Crippen LogP contribution < -0.4 is 0 Å². The highest BCUT2D eigenvalue weighted by Gasteiger charge is 2.20. The lowest BCUT2D eigenvalue weighted by atomic mass is 11.7. The van der Waals surface area contributed by atoms with Crippen molar-refractivity contribution >= 4 is 46.7 Å². The van der Waals surface area contributed by atoms with Gasteiger partial charge in [0.25, 0.3) is 0 Å². The second-order valence-corrected chi connectivity index (χ2v) is 21.0. The highest BCUT2D eigenvalue weighted by Crippen LogP contribution is 2.17. The van der Waals surface area contributed by atoms with Gasteiger partial charge < -0.3 is 0 Å². The Morgan fingerprint density at radius 2 is 1.62 bits per heavy atom. The molecule has 0 N–H and O–H groups in total. The molecular formula is C4H11AlBr2Si. The van der Waals surface area contributed by atoms with Gasteiger partial charge in [-0.25, -0.2) is 0 Å². The minimum atomic E-state index is -0.752. The average molecular weight is 274 g/mol. The SMILES string of the molecule is C[Si](C)(C)[CH2][Al]([Br])[Br]. The van der Waals surface area contributed by atoms with Crippen molar-refractivity contribution in [1.29, 1.82) is 0 Å². The zero-order chi connectivity index (χ0) is 6.78. The van der Waals surface area contributed by atoms with Crippen LogP contribution in [0.15, 0.2) is 0 Å². The minimum Gasteiger partial charge on any atom is -0.197 e. The Morgan fingerprint density at radius 1 is 1.25 bits per heavy atom. The normalized spacial score (nSPS) is 11.6. The van der Waals surface area contributed by atoms with Gasteiger partial charge in [-0.1, -0.05) is 24.5 Å². The summed E-state index contributed by atoms with van der Waals surface area (Å²) in [6.07, 6.45) is 0. The van der Waals surface area contributed by atoms with Crippen LogP contribution in [0.2, 0.25) is 24.5 Å². The summed E-state index contributed by atoms with van der Waals surface area (Å²) in [6, 6.07) is 0. The summed E-state index contributed by atoms with van der Waals surface area (Å²) in [6.45, 7) is 7.20. The molecule has 0 aliphatic rings. The van der Waals surface area contributed by atoms with Crippen LogP contribution in [0.25, 0.3) is 0 Å². The Balaban J connectivity index is 3.39. The van der Waals surface area contributed by atoms with Gasteiger partial charge in [0.2, 0.25) is 0 Å². The van der Waals surface area contributed by atoms with Gasteiger partial charge in [-0.3, -0.25) is 0 Å². The van der Waals surface area contributed by atoms with Crippen molar-refractivity contribution in [2.45, 2.75) is 24.5 Å². The summed E-state index contributed by atoms with van der Waals surface area (Å²) in [5.41, 5.74) is 0. The predicted octanol–water partition coefficient (Wildman–Crippen LogP) is 3.14. The van der Waals surface area contributed by atoms with Crippen LogP contribution in [0.3, 0.4) is 0 Å². The molecule has 0 fully saturated rings. The number of halogens is 2. The maximum atomic E-state index is 3.60. The van der Waals surface area contributed by atoms with Crippen LogP contribution in [-0.4, -0.2) is 18.6 Å². The van der Waals surface area contributed by atoms with E-state index in [0.717, 1.165) is 0 Å². The van der Waals surface area contributed by atoms with Gasteiger partial charge in [-0.05, 0) is 0 Å². The monoisotopic (exact) mass is 272 g/mol. The predicted molar refractivity (Wildman–Crippen MR) is 51.8 cm³/mol. The topological polar surface area (TPSA) is 0 Å². The molecular weight excluding hydrogens is 263 g/mol. The summed E-state index contributed by atoms with van der Waals surface area (Å²) in [4.78, 5) is 1.44. The molecule has 8 heavy (non-hydrogen) atoms. The molecule has 0 saturated heterocycles. The Kier molecular flexibility index (Phi) is 4.58. The van der Waals surface area contributed by atoms with Gasteiger partial charge in [0.05, 0.1) is 0 Å². The van der Waals surface area contributed by atoms with Crippen LogP contribution in [-0.2, 0) is 0 Å². The maximum Gasteiger partial charge on any atom is 0.453 e. The van der Waals surface area contributed by atoms with Crippen molar-refractivity contribution in [2.24, 2.45) is 0 Å². The van der Waals surface area contributed by atoms with E-state index in [-0.39, 0.29) is 0 Å². The van der Waals surface area contributed by atoms with E-state index in [9.17, 15) is 0 Å². The van der Waals surface area contributed by atoms with Crippen LogP contribution in [0.4, 0.5) is 0 Å². The molecule has 0 heterocycles. The maximum absolute atomic E-state index is 3.60. The van der Waals surface area contributed by atoms with Crippen molar-refractivity contribution in [3.05, 3.63) is 0 Å². The van der Waals surface area contributed by atoms with Crippen LogP contribution in [0.1, 0.15) is 0 Å². The fraction of sp³-hybridized carbons (Fsp3) is 1.00. The minimum absolute atomic E-state index is 0.609.